The van der Waals surface area contributed by atoms with Gasteiger partial charge in [-0.15, -0.1) is 11.3 Å². The van der Waals surface area contributed by atoms with E-state index in [4.69, 9.17) is 4.98 Å². The molecule has 4 rings (SSSR count). The van der Waals surface area contributed by atoms with Gasteiger partial charge in [0.2, 0.25) is 0 Å². The molecule has 0 bridgehead atoms. The number of amides is 1. The molecule has 2 heterocycles. The van der Waals surface area contributed by atoms with Gasteiger partial charge >= 0.3 is 0 Å². The Labute approximate surface area is 152 Å². The molecule has 0 radical (unpaired) electrons. The van der Waals surface area contributed by atoms with Crippen molar-refractivity contribution < 1.29 is 4.79 Å². The van der Waals surface area contributed by atoms with E-state index < -0.39 is 0 Å². The summed E-state index contributed by atoms with van der Waals surface area (Å²) in [6.45, 7) is 2.24. The molecule has 0 spiro atoms. The van der Waals surface area contributed by atoms with Crippen molar-refractivity contribution in [2.24, 2.45) is 5.92 Å². The van der Waals surface area contributed by atoms with Crippen LogP contribution < -0.4 is 5.32 Å². The molecule has 0 aliphatic heterocycles. The number of carbonyl (C=O) groups is 1. The number of fused-ring (bicyclic) bond motifs is 1. The number of nitrogens with zero attached hydrogens (tertiary/aromatic N) is 1. The van der Waals surface area contributed by atoms with Crippen LogP contribution in [0.2, 0.25) is 0 Å². The van der Waals surface area contributed by atoms with Gasteiger partial charge in [0.1, 0.15) is 0 Å². The van der Waals surface area contributed by atoms with E-state index in [0.29, 0.717) is 5.92 Å². The Bertz CT molecular complexity index is 888. The molecule has 2 atom stereocenters. The second-order valence-electron chi connectivity index (χ2n) is 6.89. The number of nitrogens with one attached hydrogen (secondary N) is 1. The van der Waals surface area contributed by atoms with E-state index in [1.165, 1.54) is 19.3 Å². The second-order valence-corrected chi connectivity index (χ2v) is 7.84. The monoisotopic (exact) mass is 350 g/mol. The van der Waals surface area contributed by atoms with E-state index in [0.717, 1.165) is 33.5 Å². The SMILES string of the molecule is CC1CCCCC1NC(=O)c1cc(-c2cccs2)nc2ccccc12. The number of hydrogen-bond acceptors (Lipinski definition) is 3. The van der Waals surface area contributed by atoms with Crippen LogP contribution in [0.25, 0.3) is 21.5 Å². The molecular formula is C21H22N2OS. The van der Waals surface area contributed by atoms with Gasteiger partial charge in [-0.25, -0.2) is 4.98 Å². The summed E-state index contributed by atoms with van der Waals surface area (Å²) in [7, 11) is 0. The van der Waals surface area contributed by atoms with Gasteiger partial charge in [0.15, 0.2) is 0 Å². The fraction of sp³-hybridized carbons (Fsp3) is 0.333. The molecule has 3 nitrogen and oxygen atoms in total. The molecule has 1 aliphatic carbocycles. The van der Waals surface area contributed by atoms with Crippen LogP contribution in [0.3, 0.4) is 0 Å². The lowest BCUT2D eigenvalue weighted by Crippen LogP contribution is -2.41. The van der Waals surface area contributed by atoms with Gasteiger partial charge < -0.3 is 5.32 Å². The number of carbonyl (C=O) groups excluding carboxylic acids is 1. The zero-order chi connectivity index (χ0) is 17.2. The summed E-state index contributed by atoms with van der Waals surface area (Å²) in [5, 5.41) is 6.24. The smallest absolute Gasteiger partial charge is 0.252 e. The molecule has 2 aromatic heterocycles. The number of thiophene rings is 1. The molecule has 25 heavy (non-hydrogen) atoms. The zero-order valence-corrected chi connectivity index (χ0v) is 15.2. The molecule has 0 saturated heterocycles. The topological polar surface area (TPSA) is 42.0 Å². The van der Waals surface area contributed by atoms with Crippen LogP contribution in [0.1, 0.15) is 43.0 Å². The van der Waals surface area contributed by atoms with Crippen molar-refractivity contribution in [1.82, 2.24) is 10.3 Å². The molecule has 1 saturated carbocycles. The summed E-state index contributed by atoms with van der Waals surface area (Å²) in [5.74, 6) is 0.567. The maximum atomic E-state index is 13.1. The fourth-order valence-corrected chi connectivity index (χ4v) is 4.38. The lowest BCUT2D eigenvalue weighted by atomic mass is 9.86. The van der Waals surface area contributed by atoms with Crippen molar-refractivity contribution in [3.05, 3.63) is 53.4 Å². The third kappa shape index (κ3) is 3.31. The second kappa shape index (κ2) is 6.96. The Morgan fingerprint density at radius 3 is 2.80 bits per heavy atom. The quantitative estimate of drug-likeness (QED) is 0.699. The Morgan fingerprint density at radius 1 is 1.16 bits per heavy atom. The van der Waals surface area contributed by atoms with Gasteiger partial charge in [-0.05, 0) is 42.3 Å². The molecular weight excluding hydrogens is 328 g/mol. The molecule has 1 N–H and O–H groups in total. The van der Waals surface area contributed by atoms with Gasteiger partial charge in [-0.2, -0.15) is 0 Å². The molecule has 3 aromatic rings. The summed E-state index contributed by atoms with van der Waals surface area (Å²) < 4.78 is 0. The Balaban J connectivity index is 1.73. The highest BCUT2D eigenvalue weighted by Gasteiger charge is 2.24. The van der Waals surface area contributed by atoms with E-state index in [1.807, 2.05) is 47.8 Å². The lowest BCUT2D eigenvalue weighted by Gasteiger charge is -2.29. The molecule has 2 unspecified atom stereocenters. The summed E-state index contributed by atoms with van der Waals surface area (Å²) in [4.78, 5) is 18.9. The number of pyridine rings is 1. The summed E-state index contributed by atoms with van der Waals surface area (Å²) in [5.41, 5.74) is 2.47. The highest BCUT2D eigenvalue weighted by Crippen LogP contribution is 2.29. The number of aromatic nitrogens is 1. The lowest BCUT2D eigenvalue weighted by molar-refractivity contribution is 0.0912. The first-order chi connectivity index (χ1) is 12.2. The van der Waals surface area contributed by atoms with Gasteiger partial charge in [-0.1, -0.05) is 44.0 Å². The van der Waals surface area contributed by atoms with Crippen LogP contribution in [0.5, 0.6) is 0 Å². The zero-order valence-electron chi connectivity index (χ0n) is 14.4. The maximum Gasteiger partial charge on any atom is 0.252 e. The minimum Gasteiger partial charge on any atom is -0.349 e. The van der Waals surface area contributed by atoms with Crippen LogP contribution in [0.15, 0.2) is 47.8 Å². The minimum atomic E-state index is 0.0233. The third-order valence-corrected chi connectivity index (χ3v) is 6.05. The van der Waals surface area contributed by atoms with Crippen LogP contribution in [0.4, 0.5) is 0 Å². The van der Waals surface area contributed by atoms with Crippen LogP contribution in [-0.2, 0) is 0 Å². The summed E-state index contributed by atoms with van der Waals surface area (Å²) >= 11 is 1.65. The van der Waals surface area contributed by atoms with Crippen molar-refractivity contribution in [3.63, 3.8) is 0 Å². The number of rotatable bonds is 3. The molecule has 1 aromatic carbocycles. The fourth-order valence-electron chi connectivity index (χ4n) is 3.69. The van der Waals surface area contributed by atoms with Crippen molar-refractivity contribution in [2.45, 2.75) is 38.6 Å². The molecule has 1 amide bonds. The Kier molecular flexibility index (Phi) is 4.53. The predicted molar refractivity (Wildman–Crippen MR) is 104 cm³/mol. The molecule has 1 fully saturated rings. The number of hydrogen-bond donors (Lipinski definition) is 1. The maximum absolute atomic E-state index is 13.1. The van der Waals surface area contributed by atoms with E-state index in [-0.39, 0.29) is 11.9 Å². The van der Waals surface area contributed by atoms with Gasteiger partial charge in [0.05, 0.1) is 21.7 Å². The largest absolute Gasteiger partial charge is 0.349 e. The first-order valence-corrected chi connectivity index (χ1v) is 9.85. The Hall–Kier alpha value is -2.20. The molecule has 1 aliphatic rings. The normalized spacial score (nSPS) is 20.5. The average Bonchev–Trinajstić information content (AvgIpc) is 3.17. The van der Waals surface area contributed by atoms with Crippen molar-refractivity contribution in [2.75, 3.05) is 0 Å². The van der Waals surface area contributed by atoms with Gasteiger partial charge in [0, 0.05) is 11.4 Å². The number of benzene rings is 1. The van der Waals surface area contributed by atoms with Crippen molar-refractivity contribution >= 4 is 28.1 Å². The third-order valence-electron chi connectivity index (χ3n) is 5.16. The minimum absolute atomic E-state index is 0.0233. The van der Waals surface area contributed by atoms with Gasteiger partial charge in [0.25, 0.3) is 5.91 Å². The van der Waals surface area contributed by atoms with Crippen molar-refractivity contribution in [3.8, 4) is 10.6 Å². The number of para-hydroxylation sites is 1. The van der Waals surface area contributed by atoms with Gasteiger partial charge in [-0.3, -0.25) is 4.79 Å². The first-order valence-electron chi connectivity index (χ1n) is 8.97. The highest BCUT2D eigenvalue weighted by molar-refractivity contribution is 7.13. The van der Waals surface area contributed by atoms with E-state index >= 15 is 0 Å². The van der Waals surface area contributed by atoms with E-state index in [9.17, 15) is 4.79 Å². The Morgan fingerprint density at radius 2 is 2.00 bits per heavy atom. The van der Waals surface area contributed by atoms with E-state index in [2.05, 4.69) is 12.2 Å². The predicted octanol–water partition coefficient (Wildman–Crippen LogP) is 5.27. The van der Waals surface area contributed by atoms with Crippen LogP contribution in [-0.4, -0.2) is 16.9 Å². The average molecular weight is 350 g/mol. The summed E-state index contributed by atoms with van der Waals surface area (Å²) in [6, 6.07) is 14.2. The van der Waals surface area contributed by atoms with E-state index in [1.54, 1.807) is 11.3 Å². The van der Waals surface area contributed by atoms with Crippen molar-refractivity contribution in [1.29, 1.82) is 0 Å². The standard InChI is InChI=1S/C21H22N2OS/c1-14-7-2-4-9-17(14)23-21(24)16-13-19(20-11-6-12-25-20)22-18-10-5-3-8-15(16)18/h3,5-6,8,10-14,17H,2,4,7,9H2,1H3,(H,23,24). The highest BCUT2D eigenvalue weighted by atomic mass is 32.1. The molecule has 128 valence electrons. The molecule has 4 heteroatoms. The summed E-state index contributed by atoms with van der Waals surface area (Å²) in [6.07, 6.45) is 4.75. The van der Waals surface area contributed by atoms with Crippen LogP contribution in [0, 0.1) is 5.92 Å². The first kappa shape index (κ1) is 16.3. The van der Waals surface area contributed by atoms with Crippen LogP contribution >= 0.6 is 11.3 Å².